The molecule has 1 N–H and O–H groups in total. The van der Waals surface area contributed by atoms with Gasteiger partial charge in [0.15, 0.2) is 5.60 Å². The monoisotopic (exact) mass is 196 g/mol. The molecule has 0 fully saturated rings. The van der Waals surface area contributed by atoms with Crippen LogP contribution in [-0.4, -0.2) is 16.9 Å². The molecule has 1 rings (SSSR count). The maximum Gasteiger partial charge on any atom is 0.506 e. The van der Waals surface area contributed by atoms with Crippen molar-refractivity contribution in [3.8, 4) is 0 Å². The molecule has 0 spiro atoms. The highest BCUT2D eigenvalue weighted by Crippen LogP contribution is 2.34. The molecular weight excluding hydrogens is 180 g/mol. The van der Waals surface area contributed by atoms with Crippen molar-refractivity contribution in [1.29, 1.82) is 0 Å². The molecule has 0 radical (unpaired) electrons. The van der Waals surface area contributed by atoms with Crippen molar-refractivity contribution in [2.24, 2.45) is 5.92 Å². The molecule has 0 saturated heterocycles. The summed E-state index contributed by atoms with van der Waals surface area (Å²) in [6.07, 6.45) is 5.42. The average molecular weight is 196 g/mol. The summed E-state index contributed by atoms with van der Waals surface area (Å²) in [6, 6.07) is 0. The molecule has 1 unspecified atom stereocenters. The Balaban J connectivity index is 3.02. The molecule has 1 atom stereocenters. The van der Waals surface area contributed by atoms with Crippen LogP contribution in [0.15, 0.2) is 23.8 Å². The zero-order valence-corrected chi connectivity index (χ0v) is 8.78. The number of hydrogen-bond acceptors (Lipinski definition) is 2. The molecule has 1 aliphatic rings. The third-order valence-electron chi connectivity index (χ3n) is 2.66. The van der Waals surface area contributed by atoms with Gasteiger partial charge in [0.2, 0.25) is 0 Å². The molecule has 3 nitrogen and oxygen atoms in total. The van der Waals surface area contributed by atoms with Crippen LogP contribution in [0.2, 0.25) is 0 Å². The Morgan fingerprint density at radius 2 is 2.29 bits per heavy atom. The van der Waals surface area contributed by atoms with Crippen molar-refractivity contribution in [1.82, 2.24) is 0 Å². The fraction of sp³-hybridized carbons (Fsp3) is 0.545. The summed E-state index contributed by atoms with van der Waals surface area (Å²) in [7, 11) is 0. The number of rotatable bonds is 2. The van der Waals surface area contributed by atoms with Gasteiger partial charge in [-0.3, -0.25) is 0 Å². The normalized spacial score (nSPS) is 26.1. The Morgan fingerprint density at radius 3 is 2.71 bits per heavy atom. The Labute approximate surface area is 84.1 Å². The molecule has 0 amide bonds. The fourth-order valence-corrected chi connectivity index (χ4v) is 1.80. The minimum Gasteiger partial charge on any atom is -0.450 e. The number of hydrogen-bond donors (Lipinski definition) is 1. The van der Waals surface area contributed by atoms with Crippen molar-refractivity contribution in [2.45, 2.75) is 32.8 Å². The van der Waals surface area contributed by atoms with Crippen molar-refractivity contribution in [3.63, 3.8) is 0 Å². The van der Waals surface area contributed by atoms with Gasteiger partial charge in [-0.2, -0.15) is 0 Å². The van der Waals surface area contributed by atoms with E-state index in [2.05, 4.69) is 0 Å². The molecule has 0 aromatic heterocycles. The zero-order chi connectivity index (χ0) is 10.8. The molecule has 3 heteroatoms. The zero-order valence-electron chi connectivity index (χ0n) is 8.78. The van der Waals surface area contributed by atoms with Gasteiger partial charge in [-0.25, -0.2) is 4.79 Å². The lowest BCUT2D eigenvalue weighted by Crippen LogP contribution is -2.40. The van der Waals surface area contributed by atoms with Crippen LogP contribution >= 0.6 is 0 Å². The third kappa shape index (κ3) is 1.81. The van der Waals surface area contributed by atoms with E-state index in [1.165, 1.54) is 0 Å². The van der Waals surface area contributed by atoms with E-state index in [4.69, 9.17) is 9.84 Å². The molecule has 0 saturated carbocycles. The molecule has 0 bridgehead atoms. The van der Waals surface area contributed by atoms with Crippen LogP contribution in [-0.2, 0) is 4.74 Å². The second-order valence-electron chi connectivity index (χ2n) is 3.84. The second-order valence-corrected chi connectivity index (χ2v) is 3.84. The first-order chi connectivity index (χ1) is 6.49. The Morgan fingerprint density at radius 1 is 1.64 bits per heavy atom. The van der Waals surface area contributed by atoms with Crippen LogP contribution in [0.4, 0.5) is 4.79 Å². The van der Waals surface area contributed by atoms with E-state index >= 15 is 0 Å². The molecule has 0 aliphatic heterocycles. The minimum atomic E-state index is -1.22. The summed E-state index contributed by atoms with van der Waals surface area (Å²) < 4.78 is 5.01. The Hall–Kier alpha value is -1.25. The van der Waals surface area contributed by atoms with E-state index in [1.54, 1.807) is 0 Å². The van der Waals surface area contributed by atoms with E-state index in [-0.39, 0.29) is 5.92 Å². The molecule has 78 valence electrons. The average Bonchev–Trinajstić information content (AvgIpc) is 2.08. The summed E-state index contributed by atoms with van der Waals surface area (Å²) in [4.78, 5) is 10.6. The largest absolute Gasteiger partial charge is 0.506 e. The van der Waals surface area contributed by atoms with Crippen LogP contribution in [0.5, 0.6) is 0 Å². The highest BCUT2D eigenvalue weighted by Gasteiger charge is 2.38. The van der Waals surface area contributed by atoms with E-state index in [0.29, 0.717) is 0 Å². The first-order valence-corrected chi connectivity index (χ1v) is 4.76. The minimum absolute atomic E-state index is 0.103. The smallest absolute Gasteiger partial charge is 0.450 e. The van der Waals surface area contributed by atoms with E-state index in [1.807, 2.05) is 39.0 Å². The van der Waals surface area contributed by atoms with Gasteiger partial charge in [0.25, 0.3) is 0 Å². The van der Waals surface area contributed by atoms with Crippen LogP contribution < -0.4 is 0 Å². The van der Waals surface area contributed by atoms with Gasteiger partial charge in [0.05, 0.1) is 0 Å². The van der Waals surface area contributed by atoms with Crippen LogP contribution in [0.3, 0.4) is 0 Å². The summed E-state index contributed by atoms with van der Waals surface area (Å²) in [6.45, 7) is 5.82. The molecule has 14 heavy (non-hydrogen) atoms. The van der Waals surface area contributed by atoms with Gasteiger partial charge in [0.1, 0.15) is 0 Å². The van der Waals surface area contributed by atoms with Gasteiger partial charge < -0.3 is 9.84 Å². The lowest BCUT2D eigenvalue weighted by Gasteiger charge is -2.35. The highest BCUT2D eigenvalue weighted by atomic mass is 16.7. The summed E-state index contributed by atoms with van der Waals surface area (Å²) >= 11 is 0. The van der Waals surface area contributed by atoms with Crippen molar-refractivity contribution in [2.75, 3.05) is 0 Å². The number of carbonyl (C=O) groups is 1. The second kappa shape index (κ2) is 3.86. The Bertz CT molecular complexity index is 289. The number of allylic oxidation sites excluding steroid dienone is 2. The molecule has 0 heterocycles. The maximum atomic E-state index is 10.6. The number of ether oxygens (including phenoxy) is 1. The van der Waals surface area contributed by atoms with Crippen LogP contribution in [0, 0.1) is 5.92 Å². The van der Waals surface area contributed by atoms with Gasteiger partial charge >= 0.3 is 6.16 Å². The molecule has 1 aliphatic carbocycles. The van der Waals surface area contributed by atoms with Crippen molar-refractivity contribution >= 4 is 6.16 Å². The predicted molar refractivity (Wildman–Crippen MR) is 54.2 cm³/mol. The van der Waals surface area contributed by atoms with E-state index < -0.39 is 11.8 Å². The Kier molecular flexibility index (Phi) is 2.99. The maximum absolute atomic E-state index is 10.6. The van der Waals surface area contributed by atoms with E-state index in [0.717, 1.165) is 12.0 Å². The summed E-state index contributed by atoms with van der Waals surface area (Å²) in [5.41, 5.74) is 0.210. The van der Waals surface area contributed by atoms with Gasteiger partial charge in [0, 0.05) is 5.92 Å². The molecule has 0 aromatic rings. The quantitative estimate of drug-likeness (QED) is 0.545. The van der Waals surface area contributed by atoms with Crippen molar-refractivity contribution < 1.29 is 14.6 Å². The standard InChI is InChI=1S/C11H16O3/c1-8(2)11(14-10(12)13)7-5-4-6-9(11)3/h5-8H,4H2,1-3H3,(H,12,13). The third-order valence-corrected chi connectivity index (χ3v) is 2.66. The van der Waals surface area contributed by atoms with Gasteiger partial charge in [-0.15, -0.1) is 0 Å². The van der Waals surface area contributed by atoms with Crippen LogP contribution in [0.25, 0.3) is 0 Å². The first-order valence-electron chi connectivity index (χ1n) is 4.76. The number of carboxylic acid groups (broad SMARTS) is 1. The highest BCUT2D eigenvalue weighted by molar-refractivity contribution is 5.59. The SMILES string of the molecule is CC1=CCC=CC1(OC(=O)O)C(C)C. The topological polar surface area (TPSA) is 46.5 Å². The molecular formula is C11H16O3. The lowest BCUT2D eigenvalue weighted by atomic mass is 9.80. The lowest BCUT2D eigenvalue weighted by molar-refractivity contribution is 0.00493. The molecule has 0 aromatic carbocycles. The predicted octanol–water partition coefficient (Wildman–Crippen LogP) is 2.98. The summed E-state index contributed by atoms with van der Waals surface area (Å²) in [5, 5.41) is 8.71. The van der Waals surface area contributed by atoms with E-state index in [9.17, 15) is 4.79 Å². The van der Waals surface area contributed by atoms with Crippen LogP contribution in [0.1, 0.15) is 27.2 Å². The first kappa shape index (κ1) is 10.8. The van der Waals surface area contributed by atoms with Crippen molar-refractivity contribution in [3.05, 3.63) is 23.8 Å². The summed E-state index contributed by atoms with van der Waals surface area (Å²) in [5.74, 6) is 0.103. The fourth-order valence-electron chi connectivity index (χ4n) is 1.80. The van der Waals surface area contributed by atoms with Gasteiger partial charge in [-0.05, 0) is 25.0 Å². The van der Waals surface area contributed by atoms with Gasteiger partial charge in [-0.1, -0.05) is 26.0 Å².